The van der Waals surface area contributed by atoms with Crippen LogP contribution in [0.2, 0.25) is 0 Å². The number of nitrogens with zero attached hydrogens (tertiary/aromatic N) is 3. The molecular weight excluding hydrogens is 220 g/mol. The lowest BCUT2D eigenvalue weighted by Crippen LogP contribution is -2.03. The highest BCUT2D eigenvalue weighted by molar-refractivity contribution is 6.02. The first-order valence-corrected chi connectivity index (χ1v) is 5.17. The number of carbonyl (C=O) groups excluding carboxylic acids is 2. The maximum absolute atomic E-state index is 11.7. The van der Waals surface area contributed by atoms with Gasteiger partial charge in [0.1, 0.15) is 0 Å². The summed E-state index contributed by atoms with van der Waals surface area (Å²) < 4.78 is 0. The van der Waals surface area contributed by atoms with Crippen LogP contribution in [0.3, 0.4) is 0 Å². The monoisotopic (exact) mass is 230 g/mol. The smallest absolute Gasteiger partial charge is 0.228 e. The van der Waals surface area contributed by atoms with Crippen LogP contribution in [0.5, 0.6) is 0 Å². The van der Waals surface area contributed by atoms with Gasteiger partial charge in [0.2, 0.25) is 5.91 Å². The summed E-state index contributed by atoms with van der Waals surface area (Å²) in [4.78, 5) is 25.4. The molecule has 0 radical (unpaired) electrons. The molecule has 17 heavy (non-hydrogen) atoms. The average Bonchev–Trinajstić information content (AvgIpc) is 2.68. The zero-order chi connectivity index (χ0) is 12.3. The third-order valence-electron chi connectivity index (χ3n) is 2.55. The molecule has 2 rings (SSSR count). The van der Waals surface area contributed by atoms with E-state index in [1.54, 1.807) is 18.2 Å². The van der Waals surface area contributed by atoms with Crippen LogP contribution in [-0.2, 0) is 11.2 Å². The Morgan fingerprint density at radius 3 is 3.12 bits per heavy atom. The van der Waals surface area contributed by atoms with Crippen LogP contribution < -0.4 is 5.32 Å². The molecule has 0 fully saturated rings. The molecule has 6 nitrogen and oxygen atoms in total. The molecule has 0 unspecified atom stereocenters. The van der Waals surface area contributed by atoms with Gasteiger partial charge in [-0.25, -0.2) is 0 Å². The third-order valence-corrected chi connectivity index (χ3v) is 2.55. The van der Waals surface area contributed by atoms with E-state index in [0.29, 0.717) is 12.0 Å². The van der Waals surface area contributed by atoms with Crippen LogP contribution in [0.4, 0.5) is 5.69 Å². The number of nitrogens with one attached hydrogen (secondary N) is 1. The van der Waals surface area contributed by atoms with Crippen molar-refractivity contribution in [1.29, 1.82) is 0 Å². The Hall–Kier alpha value is -2.33. The number of fused-ring (bicyclic) bond motifs is 1. The van der Waals surface area contributed by atoms with Gasteiger partial charge < -0.3 is 5.32 Å². The minimum absolute atomic E-state index is 0.0568. The maximum Gasteiger partial charge on any atom is 0.228 e. The van der Waals surface area contributed by atoms with E-state index in [9.17, 15) is 9.59 Å². The van der Waals surface area contributed by atoms with Crippen LogP contribution in [0, 0.1) is 0 Å². The van der Waals surface area contributed by atoms with Gasteiger partial charge in [0, 0.05) is 29.1 Å². The fraction of sp³-hybridized carbons (Fsp3) is 0.273. The van der Waals surface area contributed by atoms with E-state index in [-0.39, 0.29) is 24.7 Å². The number of amides is 1. The Labute approximate surface area is 97.3 Å². The number of carbonyl (C=O) groups is 2. The first-order chi connectivity index (χ1) is 8.20. The van der Waals surface area contributed by atoms with Crippen molar-refractivity contribution >= 4 is 17.4 Å². The van der Waals surface area contributed by atoms with Crippen LogP contribution in [0.15, 0.2) is 23.3 Å². The molecule has 0 spiro atoms. The Bertz CT molecular complexity index is 532. The molecule has 0 aromatic heterocycles. The highest BCUT2D eigenvalue weighted by Gasteiger charge is 2.18. The molecule has 1 heterocycles. The summed E-state index contributed by atoms with van der Waals surface area (Å²) in [5, 5.41) is 6.01. The molecule has 1 aromatic rings. The van der Waals surface area contributed by atoms with Crippen molar-refractivity contribution in [3.63, 3.8) is 0 Å². The van der Waals surface area contributed by atoms with Gasteiger partial charge in [0.15, 0.2) is 5.78 Å². The molecule has 0 bridgehead atoms. The fourth-order valence-corrected chi connectivity index (χ4v) is 1.74. The molecule has 0 saturated heterocycles. The summed E-state index contributed by atoms with van der Waals surface area (Å²) in [5.41, 5.74) is 10.3. The predicted octanol–water partition coefficient (Wildman–Crippen LogP) is 2.06. The molecule has 86 valence electrons. The van der Waals surface area contributed by atoms with E-state index in [4.69, 9.17) is 5.53 Å². The number of anilines is 1. The molecule has 1 aromatic carbocycles. The summed E-state index contributed by atoms with van der Waals surface area (Å²) in [6.07, 6.45) is 0.497. The lowest BCUT2D eigenvalue weighted by molar-refractivity contribution is -0.115. The molecule has 1 N–H and O–H groups in total. The lowest BCUT2D eigenvalue weighted by atomic mass is 10.0. The summed E-state index contributed by atoms with van der Waals surface area (Å²) in [5.74, 6) is -0.141. The topological polar surface area (TPSA) is 94.9 Å². The van der Waals surface area contributed by atoms with Crippen molar-refractivity contribution in [2.45, 2.75) is 12.8 Å². The van der Waals surface area contributed by atoms with Gasteiger partial charge in [-0.3, -0.25) is 9.59 Å². The van der Waals surface area contributed by atoms with Gasteiger partial charge in [-0.1, -0.05) is 5.11 Å². The molecule has 0 aliphatic carbocycles. The number of Topliss-reactive ketones (excluding diaryl/α,β-unsaturated/α-hetero) is 1. The molecule has 1 aliphatic rings. The first kappa shape index (κ1) is 11.2. The summed E-state index contributed by atoms with van der Waals surface area (Å²) in [6, 6.07) is 5.11. The zero-order valence-corrected chi connectivity index (χ0v) is 9.01. The average molecular weight is 230 g/mol. The van der Waals surface area contributed by atoms with Gasteiger partial charge in [-0.15, -0.1) is 0 Å². The number of benzene rings is 1. The predicted molar refractivity (Wildman–Crippen MR) is 61.7 cm³/mol. The third kappa shape index (κ3) is 2.43. The van der Waals surface area contributed by atoms with E-state index in [1.165, 1.54) is 0 Å². The lowest BCUT2D eigenvalue weighted by Gasteiger charge is -2.02. The molecule has 0 atom stereocenters. The second kappa shape index (κ2) is 4.67. The summed E-state index contributed by atoms with van der Waals surface area (Å²) >= 11 is 0. The number of azide groups is 1. The number of rotatable bonds is 4. The number of hydrogen-bond donors (Lipinski definition) is 1. The zero-order valence-electron chi connectivity index (χ0n) is 9.01. The number of hydrogen-bond acceptors (Lipinski definition) is 3. The molecule has 1 aliphatic heterocycles. The molecule has 1 amide bonds. The van der Waals surface area contributed by atoms with Crippen molar-refractivity contribution in [2.24, 2.45) is 5.11 Å². The van der Waals surface area contributed by atoms with E-state index in [2.05, 4.69) is 15.3 Å². The van der Waals surface area contributed by atoms with E-state index >= 15 is 0 Å². The van der Waals surface area contributed by atoms with Crippen molar-refractivity contribution in [1.82, 2.24) is 0 Å². The Morgan fingerprint density at radius 2 is 2.35 bits per heavy atom. The van der Waals surface area contributed by atoms with E-state index in [0.717, 1.165) is 11.3 Å². The normalized spacial score (nSPS) is 12.6. The fourth-order valence-electron chi connectivity index (χ4n) is 1.74. The van der Waals surface area contributed by atoms with Crippen molar-refractivity contribution in [3.05, 3.63) is 39.8 Å². The quantitative estimate of drug-likeness (QED) is 0.371. The van der Waals surface area contributed by atoms with Crippen molar-refractivity contribution < 1.29 is 9.59 Å². The van der Waals surface area contributed by atoms with Crippen LogP contribution in [-0.4, -0.2) is 18.2 Å². The second-order valence-electron chi connectivity index (χ2n) is 3.72. The number of ketones is 1. The minimum atomic E-state index is -0.0838. The van der Waals surface area contributed by atoms with E-state index < -0.39 is 0 Å². The van der Waals surface area contributed by atoms with Gasteiger partial charge in [-0.05, 0) is 29.3 Å². The molecule has 6 heteroatoms. The molecular formula is C11H10N4O2. The van der Waals surface area contributed by atoms with Crippen LogP contribution in [0.1, 0.15) is 22.3 Å². The highest BCUT2D eigenvalue weighted by atomic mass is 16.1. The standard InChI is InChI=1S/C11H10N4O2/c12-15-13-4-3-10(16)7-1-2-9-8(5-7)6-11(17)14-9/h1-2,5H,3-4,6H2,(H,14,17). The first-order valence-electron chi connectivity index (χ1n) is 5.17. The van der Waals surface area contributed by atoms with Crippen molar-refractivity contribution in [3.8, 4) is 0 Å². The van der Waals surface area contributed by atoms with Crippen LogP contribution >= 0.6 is 0 Å². The minimum Gasteiger partial charge on any atom is -0.326 e. The Kier molecular flexibility index (Phi) is 3.07. The van der Waals surface area contributed by atoms with Crippen molar-refractivity contribution in [2.75, 3.05) is 11.9 Å². The largest absolute Gasteiger partial charge is 0.326 e. The van der Waals surface area contributed by atoms with Gasteiger partial charge in [0.25, 0.3) is 0 Å². The van der Waals surface area contributed by atoms with Gasteiger partial charge >= 0.3 is 0 Å². The van der Waals surface area contributed by atoms with Gasteiger partial charge in [-0.2, -0.15) is 0 Å². The summed E-state index contributed by atoms with van der Waals surface area (Å²) in [6.45, 7) is 0.156. The molecule has 0 saturated carbocycles. The summed E-state index contributed by atoms with van der Waals surface area (Å²) in [7, 11) is 0. The Morgan fingerprint density at radius 1 is 1.53 bits per heavy atom. The Balaban J connectivity index is 2.12. The van der Waals surface area contributed by atoms with E-state index in [1.807, 2.05) is 0 Å². The van der Waals surface area contributed by atoms with Crippen LogP contribution in [0.25, 0.3) is 10.4 Å². The SMILES string of the molecule is [N-]=[N+]=NCCC(=O)c1ccc2c(c1)CC(=O)N2. The maximum atomic E-state index is 11.7. The highest BCUT2D eigenvalue weighted by Crippen LogP contribution is 2.24. The van der Waals surface area contributed by atoms with Gasteiger partial charge in [0.05, 0.1) is 6.42 Å². The second-order valence-corrected chi connectivity index (χ2v) is 3.72.